The molecule has 122 valence electrons. The molecular formula is C20H15FN4. The SMILES string of the molecule is Cc1cc(-c2ccc(F)cc2)cc2c(N)nc(-c3cccnc3)nc12. The normalized spacial score (nSPS) is 11.0. The number of pyridine rings is 1. The predicted molar refractivity (Wildman–Crippen MR) is 97.3 cm³/mol. The maximum Gasteiger partial charge on any atom is 0.163 e. The lowest BCUT2D eigenvalue weighted by molar-refractivity contribution is 0.628. The van der Waals surface area contributed by atoms with Crippen molar-refractivity contribution in [3.63, 3.8) is 0 Å². The molecule has 2 aromatic heterocycles. The maximum absolute atomic E-state index is 13.2. The van der Waals surface area contributed by atoms with Gasteiger partial charge in [0.05, 0.1) is 5.52 Å². The zero-order valence-corrected chi connectivity index (χ0v) is 13.6. The average molecular weight is 330 g/mol. The number of nitrogen functional groups attached to an aromatic ring is 1. The second kappa shape index (κ2) is 5.94. The monoisotopic (exact) mass is 330 g/mol. The Morgan fingerprint density at radius 3 is 2.44 bits per heavy atom. The van der Waals surface area contributed by atoms with Gasteiger partial charge in [-0.25, -0.2) is 14.4 Å². The Balaban J connectivity index is 1.90. The first-order valence-corrected chi connectivity index (χ1v) is 7.86. The highest BCUT2D eigenvalue weighted by molar-refractivity contribution is 5.95. The number of nitrogens with zero attached hydrogens (tertiary/aromatic N) is 3. The van der Waals surface area contributed by atoms with Crippen molar-refractivity contribution in [2.75, 3.05) is 5.73 Å². The Kier molecular flexibility index (Phi) is 3.61. The van der Waals surface area contributed by atoms with E-state index in [1.165, 1.54) is 12.1 Å². The summed E-state index contributed by atoms with van der Waals surface area (Å²) in [4.78, 5) is 13.2. The van der Waals surface area contributed by atoms with Gasteiger partial charge < -0.3 is 5.73 Å². The van der Waals surface area contributed by atoms with E-state index in [9.17, 15) is 4.39 Å². The Bertz CT molecular complexity index is 1060. The number of nitrogens with two attached hydrogens (primary N) is 1. The summed E-state index contributed by atoms with van der Waals surface area (Å²) in [6, 6.07) is 14.1. The molecule has 2 heterocycles. The summed E-state index contributed by atoms with van der Waals surface area (Å²) in [6.45, 7) is 1.98. The molecule has 25 heavy (non-hydrogen) atoms. The Labute approximate surface area is 144 Å². The number of halogens is 1. The minimum absolute atomic E-state index is 0.259. The largest absolute Gasteiger partial charge is 0.383 e. The van der Waals surface area contributed by atoms with E-state index in [0.717, 1.165) is 33.2 Å². The zero-order chi connectivity index (χ0) is 17.4. The number of aromatic nitrogens is 3. The smallest absolute Gasteiger partial charge is 0.163 e. The van der Waals surface area contributed by atoms with Gasteiger partial charge in [-0.3, -0.25) is 4.98 Å². The number of hydrogen-bond acceptors (Lipinski definition) is 4. The Morgan fingerprint density at radius 1 is 0.920 bits per heavy atom. The van der Waals surface area contributed by atoms with Crippen LogP contribution in [0.1, 0.15) is 5.56 Å². The minimum Gasteiger partial charge on any atom is -0.383 e. The lowest BCUT2D eigenvalue weighted by Gasteiger charge is -2.10. The van der Waals surface area contributed by atoms with E-state index in [4.69, 9.17) is 5.73 Å². The molecular weight excluding hydrogens is 315 g/mol. The third-order valence-corrected chi connectivity index (χ3v) is 4.12. The van der Waals surface area contributed by atoms with Crippen LogP contribution in [-0.4, -0.2) is 15.0 Å². The van der Waals surface area contributed by atoms with Crippen molar-refractivity contribution in [3.05, 3.63) is 72.3 Å². The van der Waals surface area contributed by atoms with Gasteiger partial charge in [-0.1, -0.05) is 12.1 Å². The molecule has 0 aliphatic carbocycles. The van der Waals surface area contributed by atoms with E-state index in [2.05, 4.69) is 15.0 Å². The van der Waals surface area contributed by atoms with E-state index in [0.29, 0.717) is 11.6 Å². The molecule has 0 aliphatic heterocycles. The Morgan fingerprint density at radius 2 is 1.72 bits per heavy atom. The van der Waals surface area contributed by atoms with Gasteiger partial charge in [-0.15, -0.1) is 0 Å². The number of anilines is 1. The molecule has 5 heteroatoms. The second-order valence-corrected chi connectivity index (χ2v) is 5.87. The van der Waals surface area contributed by atoms with E-state index < -0.39 is 0 Å². The first-order chi connectivity index (χ1) is 12.1. The fourth-order valence-electron chi connectivity index (χ4n) is 2.86. The lowest BCUT2D eigenvalue weighted by atomic mass is 10.00. The Hall–Kier alpha value is -3.34. The highest BCUT2D eigenvalue weighted by Crippen LogP contribution is 2.30. The summed E-state index contributed by atoms with van der Waals surface area (Å²) < 4.78 is 13.2. The molecule has 4 rings (SSSR count). The van der Waals surface area contributed by atoms with Crippen LogP contribution in [0.4, 0.5) is 10.2 Å². The lowest BCUT2D eigenvalue weighted by Crippen LogP contribution is -1.99. The molecule has 0 unspecified atom stereocenters. The van der Waals surface area contributed by atoms with Gasteiger partial charge in [0.1, 0.15) is 11.6 Å². The van der Waals surface area contributed by atoms with E-state index in [1.54, 1.807) is 24.5 Å². The van der Waals surface area contributed by atoms with Gasteiger partial charge in [0, 0.05) is 23.3 Å². The van der Waals surface area contributed by atoms with Crippen LogP contribution in [0.2, 0.25) is 0 Å². The topological polar surface area (TPSA) is 64.7 Å². The van der Waals surface area contributed by atoms with Crippen LogP contribution >= 0.6 is 0 Å². The van der Waals surface area contributed by atoms with Crippen molar-refractivity contribution in [1.82, 2.24) is 15.0 Å². The molecule has 0 spiro atoms. The number of benzene rings is 2. The molecule has 0 radical (unpaired) electrons. The van der Waals surface area contributed by atoms with Crippen LogP contribution in [0.5, 0.6) is 0 Å². The number of rotatable bonds is 2. The molecule has 2 aromatic carbocycles. The summed E-state index contributed by atoms with van der Waals surface area (Å²) in [5.74, 6) is 0.705. The number of fused-ring (bicyclic) bond motifs is 1. The fourth-order valence-corrected chi connectivity index (χ4v) is 2.86. The zero-order valence-electron chi connectivity index (χ0n) is 13.6. The number of hydrogen-bond donors (Lipinski definition) is 1. The summed E-state index contributed by atoms with van der Waals surface area (Å²) >= 11 is 0. The van der Waals surface area contributed by atoms with Crippen molar-refractivity contribution in [2.24, 2.45) is 0 Å². The van der Waals surface area contributed by atoms with Crippen molar-refractivity contribution >= 4 is 16.7 Å². The quantitative estimate of drug-likeness (QED) is 0.592. The first kappa shape index (κ1) is 15.2. The van der Waals surface area contributed by atoms with Crippen LogP contribution in [0.3, 0.4) is 0 Å². The van der Waals surface area contributed by atoms with Crippen LogP contribution in [0, 0.1) is 12.7 Å². The van der Waals surface area contributed by atoms with Gasteiger partial charge in [-0.2, -0.15) is 0 Å². The second-order valence-electron chi connectivity index (χ2n) is 5.87. The van der Waals surface area contributed by atoms with Gasteiger partial charge >= 0.3 is 0 Å². The van der Waals surface area contributed by atoms with E-state index in [-0.39, 0.29) is 5.82 Å². The van der Waals surface area contributed by atoms with Crippen molar-refractivity contribution < 1.29 is 4.39 Å². The fraction of sp³-hybridized carbons (Fsp3) is 0.0500. The summed E-state index contributed by atoms with van der Waals surface area (Å²) in [6.07, 6.45) is 3.41. The molecule has 0 amide bonds. The minimum atomic E-state index is -0.259. The van der Waals surface area contributed by atoms with Crippen molar-refractivity contribution in [1.29, 1.82) is 0 Å². The van der Waals surface area contributed by atoms with Gasteiger partial charge in [0.25, 0.3) is 0 Å². The molecule has 4 aromatic rings. The molecule has 0 saturated carbocycles. The molecule has 0 fully saturated rings. The molecule has 0 bridgehead atoms. The van der Waals surface area contributed by atoms with Crippen LogP contribution in [-0.2, 0) is 0 Å². The van der Waals surface area contributed by atoms with Gasteiger partial charge in [0.2, 0.25) is 0 Å². The molecule has 0 saturated heterocycles. The van der Waals surface area contributed by atoms with Gasteiger partial charge in [0.15, 0.2) is 5.82 Å². The number of aryl methyl sites for hydroxylation is 1. The predicted octanol–water partition coefficient (Wildman–Crippen LogP) is 4.39. The van der Waals surface area contributed by atoms with Crippen LogP contribution in [0.15, 0.2) is 60.9 Å². The summed E-state index contributed by atoms with van der Waals surface area (Å²) in [7, 11) is 0. The van der Waals surface area contributed by atoms with E-state index in [1.807, 2.05) is 31.2 Å². The van der Waals surface area contributed by atoms with Gasteiger partial charge in [-0.05, 0) is 60.0 Å². The van der Waals surface area contributed by atoms with Crippen molar-refractivity contribution in [3.8, 4) is 22.5 Å². The van der Waals surface area contributed by atoms with Crippen molar-refractivity contribution in [2.45, 2.75) is 6.92 Å². The van der Waals surface area contributed by atoms with Crippen LogP contribution < -0.4 is 5.73 Å². The van der Waals surface area contributed by atoms with E-state index >= 15 is 0 Å². The summed E-state index contributed by atoms with van der Waals surface area (Å²) in [5, 5.41) is 0.784. The highest BCUT2D eigenvalue weighted by atomic mass is 19.1. The average Bonchev–Trinajstić information content (AvgIpc) is 2.63. The summed E-state index contributed by atoms with van der Waals surface area (Å²) in [5.41, 5.74) is 10.7. The maximum atomic E-state index is 13.2. The molecule has 0 atom stereocenters. The first-order valence-electron chi connectivity index (χ1n) is 7.86. The standard InChI is InChI=1S/C20H15FN4/c1-12-9-15(13-4-6-16(21)7-5-13)10-17-18(12)24-20(25-19(17)22)14-3-2-8-23-11-14/h2-11H,1H3,(H2,22,24,25). The third kappa shape index (κ3) is 2.80. The van der Waals surface area contributed by atoms with Crippen LogP contribution in [0.25, 0.3) is 33.4 Å². The third-order valence-electron chi connectivity index (χ3n) is 4.12. The molecule has 4 nitrogen and oxygen atoms in total. The highest BCUT2D eigenvalue weighted by Gasteiger charge is 2.11. The molecule has 2 N–H and O–H groups in total. The molecule has 0 aliphatic rings.